The number of halogens is 1. The zero-order chi connectivity index (χ0) is 19.4. The number of carbonyl (C=O) groups is 2. The fourth-order valence-electron chi connectivity index (χ4n) is 3.09. The number of rotatable bonds is 6. The lowest BCUT2D eigenvalue weighted by molar-refractivity contribution is -0.129. The zero-order valence-corrected chi connectivity index (χ0v) is 14.4. The SMILES string of the molecule is O=C(/C=C/c1ccccc1)C1=C(O)C(=O)N(CCO)[C@H]1c1ccccc1F. The summed E-state index contributed by atoms with van der Waals surface area (Å²) in [6.45, 7) is -0.521. The van der Waals surface area contributed by atoms with E-state index in [2.05, 4.69) is 0 Å². The molecule has 0 spiro atoms. The van der Waals surface area contributed by atoms with E-state index in [1.807, 2.05) is 18.2 Å². The number of β-amino-alcohol motifs (C(OH)–C–C–N with tert-alkyl or cyclic N) is 1. The molecule has 0 aliphatic carbocycles. The van der Waals surface area contributed by atoms with E-state index in [1.165, 1.54) is 24.3 Å². The minimum absolute atomic E-state index is 0.0832. The van der Waals surface area contributed by atoms with Crippen LogP contribution in [0.4, 0.5) is 4.39 Å². The van der Waals surface area contributed by atoms with Crippen molar-refractivity contribution in [1.82, 2.24) is 4.90 Å². The molecule has 0 aromatic heterocycles. The molecule has 2 aromatic rings. The number of benzene rings is 2. The van der Waals surface area contributed by atoms with Crippen LogP contribution in [-0.2, 0) is 9.59 Å². The molecule has 6 heteroatoms. The van der Waals surface area contributed by atoms with Crippen molar-refractivity contribution >= 4 is 17.8 Å². The number of aliphatic hydroxyl groups is 2. The molecule has 0 saturated heterocycles. The third kappa shape index (κ3) is 3.66. The van der Waals surface area contributed by atoms with Gasteiger partial charge in [0, 0.05) is 12.1 Å². The summed E-state index contributed by atoms with van der Waals surface area (Å²) in [5.74, 6) is -2.74. The summed E-state index contributed by atoms with van der Waals surface area (Å²) in [4.78, 5) is 26.2. The number of hydrogen-bond donors (Lipinski definition) is 2. The second-order valence-corrected chi connectivity index (χ2v) is 6.02. The Labute approximate surface area is 155 Å². The highest BCUT2D eigenvalue weighted by atomic mass is 19.1. The molecule has 1 atom stereocenters. The lowest BCUT2D eigenvalue weighted by atomic mass is 9.95. The largest absolute Gasteiger partial charge is 0.503 e. The van der Waals surface area contributed by atoms with Crippen molar-refractivity contribution in [1.29, 1.82) is 0 Å². The monoisotopic (exact) mass is 367 g/mol. The van der Waals surface area contributed by atoms with Gasteiger partial charge in [-0.2, -0.15) is 0 Å². The van der Waals surface area contributed by atoms with Crippen LogP contribution in [-0.4, -0.2) is 40.0 Å². The van der Waals surface area contributed by atoms with Crippen LogP contribution in [0.5, 0.6) is 0 Å². The molecule has 1 amide bonds. The predicted molar refractivity (Wildman–Crippen MR) is 98.1 cm³/mol. The van der Waals surface area contributed by atoms with Crippen LogP contribution in [0.2, 0.25) is 0 Å². The predicted octanol–water partition coefficient (Wildman–Crippen LogP) is 2.80. The maximum Gasteiger partial charge on any atom is 0.290 e. The third-order valence-electron chi connectivity index (χ3n) is 4.34. The highest BCUT2D eigenvalue weighted by Gasteiger charge is 2.43. The summed E-state index contributed by atoms with van der Waals surface area (Å²) < 4.78 is 14.4. The Balaban J connectivity index is 2.02. The van der Waals surface area contributed by atoms with E-state index in [0.717, 1.165) is 10.5 Å². The molecule has 138 valence electrons. The van der Waals surface area contributed by atoms with Gasteiger partial charge in [0.15, 0.2) is 11.5 Å². The number of hydrogen-bond acceptors (Lipinski definition) is 4. The zero-order valence-electron chi connectivity index (χ0n) is 14.4. The molecular formula is C21H18FNO4. The van der Waals surface area contributed by atoms with E-state index < -0.39 is 29.3 Å². The highest BCUT2D eigenvalue weighted by molar-refractivity contribution is 6.14. The van der Waals surface area contributed by atoms with Crippen molar-refractivity contribution in [2.45, 2.75) is 6.04 Å². The summed E-state index contributed by atoms with van der Waals surface area (Å²) >= 11 is 0. The molecule has 2 N–H and O–H groups in total. The molecule has 1 aliphatic rings. The van der Waals surface area contributed by atoms with Crippen molar-refractivity contribution in [3.8, 4) is 0 Å². The van der Waals surface area contributed by atoms with Gasteiger partial charge in [-0.3, -0.25) is 9.59 Å². The fraction of sp³-hybridized carbons (Fsp3) is 0.143. The van der Waals surface area contributed by atoms with Crippen LogP contribution in [0.1, 0.15) is 17.2 Å². The summed E-state index contributed by atoms with van der Waals surface area (Å²) in [7, 11) is 0. The first kappa shape index (κ1) is 18.5. The van der Waals surface area contributed by atoms with E-state index in [1.54, 1.807) is 24.3 Å². The molecule has 0 radical (unpaired) electrons. The number of ketones is 1. The van der Waals surface area contributed by atoms with E-state index >= 15 is 0 Å². The maximum atomic E-state index is 14.4. The molecular weight excluding hydrogens is 349 g/mol. The molecule has 0 fully saturated rings. The Bertz CT molecular complexity index is 921. The van der Waals surface area contributed by atoms with E-state index in [4.69, 9.17) is 0 Å². The van der Waals surface area contributed by atoms with Crippen LogP contribution in [0.25, 0.3) is 6.08 Å². The topological polar surface area (TPSA) is 77.8 Å². The smallest absolute Gasteiger partial charge is 0.290 e. The van der Waals surface area contributed by atoms with Gasteiger partial charge in [0.25, 0.3) is 5.91 Å². The van der Waals surface area contributed by atoms with Crippen LogP contribution >= 0.6 is 0 Å². The van der Waals surface area contributed by atoms with Gasteiger partial charge in [-0.25, -0.2) is 4.39 Å². The Morgan fingerprint density at radius 1 is 1.11 bits per heavy atom. The Morgan fingerprint density at radius 3 is 2.44 bits per heavy atom. The van der Waals surface area contributed by atoms with Crippen LogP contribution in [0.3, 0.4) is 0 Å². The molecule has 0 saturated carbocycles. The van der Waals surface area contributed by atoms with Crippen molar-refractivity contribution in [3.63, 3.8) is 0 Å². The summed E-state index contributed by atoms with van der Waals surface area (Å²) in [6.07, 6.45) is 2.80. The van der Waals surface area contributed by atoms with Crippen LogP contribution < -0.4 is 0 Å². The molecule has 3 rings (SSSR count). The average Bonchev–Trinajstić information content (AvgIpc) is 2.92. The average molecular weight is 367 g/mol. The van der Waals surface area contributed by atoms with E-state index in [0.29, 0.717) is 0 Å². The van der Waals surface area contributed by atoms with Gasteiger partial charge >= 0.3 is 0 Å². The number of aliphatic hydroxyl groups excluding tert-OH is 2. The van der Waals surface area contributed by atoms with Crippen LogP contribution in [0, 0.1) is 5.82 Å². The number of amides is 1. The summed E-state index contributed by atoms with van der Waals surface area (Å²) in [5.41, 5.74) is 0.649. The molecule has 1 aliphatic heterocycles. The first-order valence-corrected chi connectivity index (χ1v) is 8.41. The van der Waals surface area contributed by atoms with Gasteiger partial charge in [0.1, 0.15) is 5.82 Å². The Morgan fingerprint density at radius 2 is 1.78 bits per heavy atom. The molecule has 27 heavy (non-hydrogen) atoms. The normalized spacial score (nSPS) is 17.2. The summed E-state index contributed by atoms with van der Waals surface area (Å²) in [5, 5.41) is 19.5. The van der Waals surface area contributed by atoms with E-state index in [-0.39, 0.29) is 24.3 Å². The van der Waals surface area contributed by atoms with Gasteiger partial charge in [-0.05, 0) is 17.7 Å². The lowest BCUT2D eigenvalue weighted by Crippen LogP contribution is -2.33. The lowest BCUT2D eigenvalue weighted by Gasteiger charge is -2.26. The maximum absolute atomic E-state index is 14.4. The molecule has 2 aromatic carbocycles. The Kier molecular flexibility index (Phi) is 5.47. The van der Waals surface area contributed by atoms with Gasteiger partial charge < -0.3 is 15.1 Å². The number of nitrogens with zero attached hydrogens (tertiary/aromatic N) is 1. The van der Waals surface area contributed by atoms with Crippen molar-refractivity contribution in [2.75, 3.05) is 13.2 Å². The molecule has 1 heterocycles. The van der Waals surface area contributed by atoms with Gasteiger partial charge in [-0.1, -0.05) is 54.6 Å². The van der Waals surface area contributed by atoms with Gasteiger partial charge in [0.2, 0.25) is 0 Å². The molecule has 5 nitrogen and oxygen atoms in total. The number of carbonyl (C=O) groups excluding carboxylic acids is 2. The van der Waals surface area contributed by atoms with Gasteiger partial charge in [0.05, 0.1) is 18.2 Å². The highest BCUT2D eigenvalue weighted by Crippen LogP contribution is 2.38. The third-order valence-corrected chi connectivity index (χ3v) is 4.34. The van der Waals surface area contributed by atoms with Crippen molar-refractivity contribution < 1.29 is 24.2 Å². The van der Waals surface area contributed by atoms with E-state index in [9.17, 15) is 24.2 Å². The minimum Gasteiger partial charge on any atom is -0.503 e. The fourth-order valence-corrected chi connectivity index (χ4v) is 3.09. The molecule has 0 bridgehead atoms. The first-order valence-electron chi connectivity index (χ1n) is 8.41. The second-order valence-electron chi connectivity index (χ2n) is 6.02. The van der Waals surface area contributed by atoms with Crippen molar-refractivity contribution in [3.05, 3.63) is 88.9 Å². The summed E-state index contributed by atoms with van der Waals surface area (Å²) in [6, 6.07) is 13.7. The first-order chi connectivity index (χ1) is 13.0. The Hall–Kier alpha value is -3.25. The minimum atomic E-state index is -1.10. The quantitative estimate of drug-likeness (QED) is 0.770. The number of allylic oxidation sites excluding steroid dienone is 1. The van der Waals surface area contributed by atoms with Crippen LogP contribution in [0.15, 0.2) is 72.0 Å². The second kappa shape index (κ2) is 7.97. The van der Waals surface area contributed by atoms with Gasteiger partial charge in [-0.15, -0.1) is 0 Å². The molecule has 0 unspecified atom stereocenters. The van der Waals surface area contributed by atoms with Crippen molar-refractivity contribution in [2.24, 2.45) is 0 Å². The standard InChI is InChI=1S/C21H18FNO4/c22-16-9-5-4-8-15(16)19-18(20(26)21(27)23(19)12-13-24)17(25)11-10-14-6-2-1-3-7-14/h1-11,19,24,26H,12-13H2/b11-10+/t19-/m0/s1.